The van der Waals surface area contributed by atoms with Gasteiger partial charge in [-0.25, -0.2) is 0 Å². The molecule has 3 aliphatic heterocycles. The number of fused-ring (bicyclic) bond motifs is 2. The van der Waals surface area contributed by atoms with Crippen molar-refractivity contribution >= 4 is 0 Å². The molecule has 0 aromatic rings. The van der Waals surface area contributed by atoms with E-state index in [1.54, 1.807) is 0 Å². The van der Waals surface area contributed by atoms with Crippen LogP contribution in [0.1, 0.15) is 57.8 Å². The molecule has 2 nitrogen and oxygen atoms in total. The highest BCUT2D eigenvalue weighted by Gasteiger charge is 2.47. The largest absolute Gasteiger partial charge is 0.327 e. The van der Waals surface area contributed by atoms with Crippen LogP contribution in [0.5, 0.6) is 0 Å². The molecule has 4 atom stereocenters. The van der Waals surface area contributed by atoms with Crippen LogP contribution in [0.3, 0.4) is 0 Å². The Morgan fingerprint density at radius 3 is 2.42 bits per heavy atom. The van der Waals surface area contributed by atoms with Crippen molar-refractivity contribution in [1.29, 1.82) is 0 Å². The first-order valence-electron chi connectivity index (χ1n) is 8.81. The minimum atomic E-state index is 0.514. The van der Waals surface area contributed by atoms with E-state index >= 15 is 0 Å². The highest BCUT2D eigenvalue weighted by atomic mass is 15.2. The Kier molecular flexibility index (Phi) is 3.35. The average molecular weight is 262 g/mol. The molecule has 3 saturated heterocycles. The van der Waals surface area contributed by atoms with Crippen LogP contribution in [0.15, 0.2) is 0 Å². The first kappa shape index (κ1) is 12.6. The van der Waals surface area contributed by atoms with Crippen molar-refractivity contribution < 1.29 is 0 Å². The van der Waals surface area contributed by atoms with E-state index in [0.29, 0.717) is 6.04 Å². The Hall–Kier alpha value is -0.0800. The topological polar surface area (TPSA) is 29.3 Å². The summed E-state index contributed by atoms with van der Waals surface area (Å²) in [7, 11) is 0. The number of hydrogen-bond donors (Lipinski definition) is 1. The first-order valence-corrected chi connectivity index (χ1v) is 8.81. The summed E-state index contributed by atoms with van der Waals surface area (Å²) in [5.41, 5.74) is 6.52. The van der Waals surface area contributed by atoms with Gasteiger partial charge in [0.15, 0.2) is 0 Å². The predicted molar refractivity (Wildman–Crippen MR) is 78.8 cm³/mol. The van der Waals surface area contributed by atoms with E-state index < -0.39 is 0 Å². The number of hydrogen-bond acceptors (Lipinski definition) is 2. The molecule has 108 valence electrons. The molecule has 2 saturated carbocycles. The molecular weight excluding hydrogens is 232 g/mol. The van der Waals surface area contributed by atoms with Gasteiger partial charge in [0.2, 0.25) is 0 Å². The van der Waals surface area contributed by atoms with Gasteiger partial charge in [0.05, 0.1) is 0 Å². The Balaban J connectivity index is 1.36. The maximum absolute atomic E-state index is 6.52. The van der Waals surface area contributed by atoms with Crippen molar-refractivity contribution in [2.45, 2.75) is 69.9 Å². The van der Waals surface area contributed by atoms with Crippen molar-refractivity contribution in [2.24, 2.45) is 29.4 Å². The number of nitrogens with two attached hydrogens (primary N) is 1. The highest BCUT2D eigenvalue weighted by Crippen LogP contribution is 2.49. The van der Waals surface area contributed by atoms with Gasteiger partial charge in [-0.1, -0.05) is 12.8 Å². The fourth-order valence-electron chi connectivity index (χ4n) is 5.92. The summed E-state index contributed by atoms with van der Waals surface area (Å²) >= 11 is 0. The minimum absolute atomic E-state index is 0.514. The lowest BCUT2D eigenvalue weighted by Crippen LogP contribution is -2.52. The molecule has 0 aromatic carbocycles. The molecule has 0 radical (unpaired) electrons. The summed E-state index contributed by atoms with van der Waals surface area (Å²) in [6.45, 7) is 2.79. The van der Waals surface area contributed by atoms with Crippen molar-refractivity contribution in [3.63, 3.8) is 0 Å². The molecule has 0 spiro atoms. The van der Waals surface area contributed by atoms with Crippen LogP contribution >= 0.6 is 0 Å². The summed E-state index contributed by atoms with van der Waals surface area (Å²) in [5.74, 6) is 3.93. The van der Waals surface area contributed by atoms with E-state index in [9.17, 15) is 0 Å². The summed E-state index contributed by atoms with van der Waals surface area (Å²) in [6.07, 6.45) is 13.0. The Bertz CT molecular complexity index is 295. The molecule has 5 fully saturated rings. The molecule has 2 heteroatoms. The van der Waals surface area contributed by atoms with Gasteiger partial charge in [-0.15, -0.1) is 0 Å². The first-order chi connectivity index (χ1) is 9.31. The van der Waals surface area contributed by atoms with Crippen molar-refractivity contribution in [3.05, 3.63) is 0 Å². The van der Waals surface area contributed by atoms with Gasteiger partial charge in [-0.05, 0) is 81.7 Å². The van der Waals surface area contributed by atoms with E-state index in [1.807, 2.05) is 0 Å². The van der Waals surface area contributed by atoms with Crippen molar-refractivity contribution in [1.82, 2.24) is 4.90 Å². The third-order valence-electron chi connectivity index (χ3n) is 6.93. The Labute approximate surface area is 118 Å². The van der Waals surface area contributed by atoms with Gasteiger partial charge in [-0.2, -0.15) is 0 Å². The lowest BCUT2D eigenvalue weighted by molar-refractivity contribution is 0.00792. The molecule has 5 rings (SSSR count). The monoisotopic (exact) mass is 262 g/mol. The standard InChI is InChI=1S/C17H30N2/c18-16(14-3-1-2-4-14)10-12-9-15-13-5-7-19(8-6-13)17(15)11-12/h12-17H,1-11,18H2. The van der Waals surface area contributed by atoms with Crippen LogP contribution in [0.4, 0.5) is 0 Å². The van der Waals surface area contributed by atoms with Crippen LogP contribution in [-0.4, -0.2) is 30.1 Å². The lowest BCUT2D eigenvalue weighted by Gasteiger charge is -2.48. The highest BCUT2D eigenvalue weighted by molar-refractivity contribution is 5.01. The molecular formula is C17H30N2. The van der Waals surface area contributed by atoms with E-state index in [4.69, 9.17) is 5.73 Å². The van der Waals surface area contributed by atoms with Gasteiger partial charge in [0.1, 0.15) is 0 Å². The zero-order valence-corrected chi connectivity index (χ0v) is 12.3. The van der Waals surface area contributed by atoms with Crippen molar-refractivity contribution in [3.8, 4) is 0 Å². The zero-order valence-electron chi connectivity index (χ0n) is 12.3. The van der Waals surface area contributed by atoms with Gasteiger partial charge >= 0.3 is 0 Å². The second-order valence-electron chi connectivity index (χ2n) is 7.89. The predicted octanol–water partition coefficient (Wildman–Crippen LogP) is 3.01. The SMILES string of the molecule is NC(CC1CC2C3CCN(CC3)C2C1)C1CCCC1. The van der Waals surface area contributed by atoms with E-state index in [-0.39, 0.29) is 0 Å². The van der Waals surface area contributed by atoms with E-state index in [2.05, 4.69) is 4.90 Å². The molecule has 5 aliphatic rings. The molecule has 2 N–H and O–H groups in total. The average Bonchev–Trinajstić information content (AvgIpc) is 3.09. The van der Waals surface area contributed by atoms with Crippen LogP contribution in [0.25, 0.3) is 0 Å². The molecule has 0 amide bonds. The second-order valence-corrected chi connectivity index (χ2v) is 7.89. The molecule has 2 bridgehead atoms. The Morgan fingerprint density at radius 1 is 1.00 bits per heavy atom. The molecule has 3 heterocycles. The van der Waals surface area contributed by atoms with Crippen LogP contribution < -0.4 is 5.73 Å². The third kappa shape index (κ3) is 2.25. The van der Waals surface area contributed by atoms with Crippen LogP contribution in [0.2, 0.25) is 0 Å². The second kappa shape index (κ2) is 5.04. The molecule has 19 heavy (non-hydrogen) atoms. The maximum atomic E-state index is 6.52. The fraction of sp³-hybridized carbons (Fsp3) is 1.00. The number of rotatable bonds is 3. The molecule has 0 aromatic heterocycles. The van der Waals surface area contributed by atoms with Gasteiger partial charge in [-0.3, -0.25) is 0 Å². The van der Waals surface area contributed by atoms with Crippen LogP contribution in [0, 0.1) is 23.7 Å². The molecule has 2 aliphatic carbocycles. The normalized spacial score (nSPS) is 47.5. The van der Waals surface area contributed by atoms with Gasteiger partial charge in [0, 0.05) is 12.1 Å². The summed E-state index contributed by atoms with van der Waals surface area (Å²) in [4.78, 5) is 2.81. The molecule has 4 unspecified atom stereocenters. The minimum Gasteiger partial charge on any atom is -0.327 e. The lowest BCUT2D eigenvalue weighted by atomic mass is 9.75. The van der Waals surface area contributed by atoms with E-state index in [0.717, 1.165) is 29.7 Å². The fourth-order valence-corrected chi connectivity index (χ4v) is 5.92. The van der Waals surface area contributed by atoms with Gasteiger partial charge in [0.25, 0.3) is 0 Å². The van der Waals surface area contributed by atoms with Crippen LogP contribution in [-0.2, 0) is 0 Å². The maximum Gasteiger partial charge on any atom is 0.0129 e. The summed E-state index contributed by atoms with van der Waals surface area (Å²) in [5, 5.41) is 0. The number of piperidine rings is 3. The third-order valence-corrected chi connectivity index (χ3v) is 6.93. The van der Waals surface area contributed by atoms with Crippen molar-refractivity contribution in [2.75, 3.05) is 13.1 Å². The number of nitrogens with zero attached hydrogens (tertiary/aromatic N) is 1. The van der Waals surface area contributed by atoms with Gasteiger partial charge < -0.3 is 10.6 Å². The quantitative estimate of drug-likeness (QED) is 0.847. The summed E-state index contributed by atoms with van der Waals surface area (Å²) in [6, 6.07) is 1.47. The zero-order chi connectivity index (χ0) is 12.8. The Morgan fingerprint density at radius 2 is 1.74 bits per heavy atom. The smallest absolute Gasteiger partial charge is 0.0129 e. The summed E-state index contributed by atoms with van der Waals surface area (Å²) < 4.78 is 0. The van der Waals surface area contributed by atoms with E-state index in [1.165, 1.54) is 70.9 Å².